The van der Waals surface area contributed by atoms with Gasteiger partial charge in [0.25, 0.3) is 20.2 Å². The van der Waals surface area contributed by atoms with E-state index in [1.807, 2.05) is 0 Å². The molecule has 1 aliphatic heterocycles. The van der Waals surface area contributed by atoms with E-state index in [0.717, 1.165) is 0 Å². The van der Waals surface area contributed by atoms with Crippen LogP contribution in [0.3, 0.4) is 0 Å². The minimum Gasteiger partial charge on any atom is -0.282 e. The van der Waals surface area contributed by atoms with Crippen LogP contribution in [0.25, 0.3) is 0 Å². The minimum absolute atomic E-state index is 0.0914. The molecule has 0 spiro atoms. The van der Waals surface area contributed by atoms with Crippen LogP contribution in [0.2, 0.25) is 0 Å². The molecular weight excluding hydrogens is 220 g/mol. The van der Waals surface area contributed by atoms with E-state index in [4.69, 9.17) is 4.55 Å². The summed E-state index contributed by atoms with van der Waals surface area (Å²) in [5.74, 6) is -0.498. The van der Waals surface area contributed by atoms with Crippen molar-refractivity contribution in [3.63, 3.8) is 0 Å². The van der Waals surface area contributed by atoms with Crippen LogP contribution in [0.15, 0.2) is 10.5 Å². The van der Waals surface area contributed by atoms with Crippen molar-refractivity contribution in [1.29, 1.82) is 0 Å². The summed E-state index contributed by atoms with van der Waals surface area (Å²) in [4.78, 5) is -0.373. The summed E-state index contributed by atoms with van der Waals surface area (Å²) in [6.45, 7) is 0.705. The quantitative estimate of drug-likeness (QED) is 0.480. The molecule has 1 rings (SSSR count). The molecule has 0 radical (unpaired) electrons. The van der Waals surface area contributed by atoms with Gasteiger partial charge in [-0.3, -0.25) is 8.74 Å². The maximum atomic E-state index is 10.8. The zero-order chi connectivity index (χ0) is 10.3. The van der Waals surface area contributed by atoms with E-state index in [-0.39, 0.29) is 10.5 Å². The molecule has 0 atom stereocenters. The van der Waals surface area contributed by atoms with Crippen LogP contribution in [-0.4, -0.2) is 33.7 Å². The van der Waals surface area contributed by atoms with Gasteiger partial charge in [-0.1, -0.05) is 0 Å². The Morgan fingerprint density at radius 3 is 2.38 bits per heavy atom. The van der Waals surface area contributed by atoms with Crippen LogP contribution in [-0.2, 0) is 24.4 Å². The topological polar surface area (TPSA) is 97.7 Å². The highest BCUT2D eigenvalue weighted by molar-refractivity contribution is 7.90. The third-order valence-electron chi connectivity index (χ3n) is 1.55. The van der Waals surface area contributed by atoms with Crippen molar-refractivity contribution in [3.05, 3.63) is 10.5 Å². The van der Waals surface area contributed by atoms with Crippen molar-refractivity contribution in [2.24, 2.45) is 0 Å². The zero-order valence-corrected chi connectivity index (χ0v) is 8.35. The molecule has 1 heterocycles. The first kappa shape index (κ1) is 10.6. The second-order valence-corrected chi connectivity index (χ2v) is 5.73. The van der Waals surface area contributed by atoms with Crippen LogP contribution in [0.1, 0.15) is 6.92 Å². The van der Waals surface area contributed by atoms with Crippen LogP contribution in [0, 0.1) is 0 Å². The standard InChI is InChI=1S/C5H8O6S2/c1-4-3-12(6,7)11-2-5(4)13(8,9)10/h2-3H2,1H3,(H,8,9,10). The van der Waals surface area contributed by atoms with Crippen LogP contribution in [0.4, 0.5) is 0 Å². The van der Waals surface area contributed by atoms with Crippen LogP contribution in [0.5, 0.6) is 0 Å². The van der Waals surface area contributed by atoms with Gasteiger partial charge in [-0.15, -0.1) is 0 Å². The minimum atomic E-state index is -4.34. The molecule has 8 heteroatoms. The second kappa shape index (κ2) is 3.05. The van der Waals surface area contributed by atoms with Gasteiger partial charge in [-0.05, 0) is 12.5 Å². The van der Waals surface area contributed by atoms with Gasteiger partial charge in [0.15, 0.2) is 0 Å². The smallest absolute Gasteiger partial charge is 0.282 e. The molecule has 0 saturated carbocycles. The Balaban J connectivity index is 3.18. The van der Waals surface area contributed by atoms with Gasteiger partial charge < -0.3 is 0 Å². The molecule has 0 amide bonds. The monoisotopic (exact) mass is 228 g/mol. The van der Waals surface area contributed by atoms with Crippen molar-refractivity contribution in [2.75, 3.05) is 12.4 Å². The Morgan fingerprint density at radius 1 is 1.46 bits per heavy atom. The van der Waals surface area contributed by atoms with Gasteiger partial charge >= 0.3 is 0 Å². The van der Waals surface area contributed by atoms with E-state index in [9.17, 15) is 16.8 Å². The molecule has 0 aromatic heterocycles. The highest BCUT2D eigenvalue weighted by Crippen LogP contribution is 2.19. The predicted octanol–water partition coefficient (Wildman–Crippen LogP) is -0.492. The lowest BCUT2D eigenvalue weighted by molar-refractivity contribution is 0.344. The molecular formula is C5H8O6S2. The Labute approximate surface area is 76.1 Å². The lowest BCUT2D eigenvalue weighted by atomic mass is 10.3. The van der Waals surface area contributed by atoms with Crippen LogP contribution < -0.4 is 0 Å². The average Bonchev–Trinajstić information content (AvgIpc) is 1.80. The van der Waals surface area contributed by atoms with Gasteiger partial charge in [0.1, 0.15) is 6.61 Å². The molecule has 0 aliphatic carbocycles. The predicted molar refractivity (Wildman–Crippen MR) is 44.0 cm³/mol. The summed E-state index contributed by atoms with van der Waals surface area (Å²) in [5.41, 5.74) is 0.0914. The van der Waals surface area contributed by atoms with Gasteiger partial charge in [0, 0.05) is 0 Å². The van der Waals surface area contributed by atoms with Gasteiger partial charge in [0.05, 0.1) is 10.7 Å². The van der Waals surface area contributed by atoms with E-state index < -0.39 is 32.6 Å². The van der Waals surface area contributed by atoms with E-state index in [2.05, 4.69) is 4.18 Å². The molecule has 6 nitrogen and oxygen atoms in total. The van der Waals surface area contributed by atoms with Crippen molar-refractivity contribution < 1.29 is 25.6 Å². The lowest BCUT2D eigenvalue weighted by Crippen LogP contribution is -2.24. The van der Waals surface area contributed by atoms with Crippen LogP contribution >= 0.6 is 0 Å². The van der Waals surface area contributed by atoms with Crippen molar-refractivity contribution in [1.82, 2.24) is 0 Å². The second-order valence-electron chi connectivity index (χ2n) is 2.64. The molecule has 1 N–H and O–H groups in total. The zero-order valence-electron chi connectivity index (χ0n) is 6.72. The summed E-state index contributed by atoms with van der Waals surface area (Å²) in [6.07, 6.45) is 0. The van der Waals surface area contributed by atoms with Gasteiger partial charge in [0.2, 0.25) is 0 Å². The number of rotatable bonds is 1. The first-order valence-corrected chi connectivity index (χ1v) is 6.27. The summed E-state index contributed by atoms with van der Waals surface area (Å²) in [5, 5.41) is 0. The van der Waals surface area contributed by atoms with Crippen molar-refractivity contribution in [3.8, 4) is 0 Å². The normalized spacial score (nSPS) is 23.2. The van der Waals surface area contributed by atoms with E-state index in [1.54, 1.807) is 0 Å². The van der Waals surface area contributed by atoms with E-state index in [0.29, 0.717) is 0 Å². The Morgan fingerprint density at radius 2 is 2.00 bits per heavy atom. The summed E-state index contributed by atoms with van der Waals surface area (Å²) >= 11 is 0. The highest BCUT2D eigenvalue weighted by Gasteiger charge is 2.28. The summed E-state index contributed by atoms with van der Waals surface area (Å²) < 4.78 is 55.7. The molecule has 0 bridgehead atoms. The number of hydrogen-bond donors (Lipinski definition) is 1. The average molecular weight is 228 g/mol. The molecule has 0 aromatic rings. The molecule has 0 saturated heterocycles. The summed E-state index contributed by atoms with van der Waals surface area (Å²) in [7, 11) is -7.99. The fourth-order valence-electron chi connectivity index (χ4n) is 0.948. The van der Waals surface area contributed by atoms with E-state index in [1.165, 1.54) is 6.92 Å². The third-order valence-corrected chi connectivity index (χ3v) is 3.90. The maximum absolute atomic E-state index is 10.8. The Bertz CT molecular complexity index is 439. The lowest BCUT2D eigenvalue weighted by Gasteiger charge is -2.15. The molecule has 76 valence electrons. The molecule has 13 heavy (non-hydrogen) atoms. The van der Waals surface area contributed by atoms with Crippen molar-refractivity contribution >= 4 is 20.2 Å². The molecule has 1 aliphatic rings. The Kier molecular flexibility index (Phi) is 2.50. The fourth-order valence-corrected chi connectivity index (χ4v) is 2.92. The third kappa shape index (κ3) is 2.50. The maximum Gasteiger partial charge on any atom is 0.292 e. The first-order chi connectivity index (χ1) is 5.72. The molecule has 0 unspecified atom stereocenters. The molecule has 0 fully saturated rings. The largest absolute Gasteiger partial charge is 0.292 e. The van der Waals surface area contributed by atoms with Gasteiger partial charge in [-0.2, -0.15) is 16.8 Å². The summed E-state index contributed by atoms with van der Waals surface area (Å²) in [6, 6.07) is 0. The number of hydrogen-bond acceptors (Lipinski definition) is 5. The first-order valence-electron chi connectivity index (χ1n) is 3.25. The van der Waals surface area contributed by atoms with Gasteiger partial charge in [-0.25, -0.2) is 0 Å². The van der Waals surface area contributed by atoms with E-state index >= 15 is 0 Å². The highest BCUT2D eigenvalue weighted by atomic mass is 32.2. The SMILES string of the molecule is CC1=C(S(=O)(=O)O)COS(=O)(=O)C1. The Hall–Kier alpha value is -0.440. The fraction of sp³-hybridized carbons (Fsp3) is 0.600. The van der Waals surface area contributed by atoms with Crippen molar-refractivity contribution in [2.45, 2.75) is 6.92 Å². The molecule has 0 aromatic carbocycles.